The van der Waals surface area contributed by atoms with E-state index in [1.54, 1.807) is 13.8 Å². The Morgan fingerprint density at radius 3 is 2.29 bits per heavy atom. The van der Waals surface area contributed by atoms with Crippen molar-refractivity contribution in [1.82, 2.24) is 25.1 Å². The summed E-state index contributed by atoms with van der Waals surface area (Å²) in [5.74, 6) is -1.56. The van der Waals surface area contributed by atoms with Crippen LogP contribution in [0.15, 0.2) is 36.4 Å². The van der Waals surface area contributed by atoms with Crippen molar-refractivity contribution >= 4 is 23.9 Å². The van der Waals surface area contributed by atoms with Crippen LogP contribution < -0.4 is 10.1 Å². The Kier molecular flexibility index (Phi) is 10.1. The van der Waals surface area contributed by atoms with Crippen LogP contribution in [0.2, 0.25) is 0 Å². The molecule has 0 radical (unpaired) electrons. The van der Waals surface area contributed by atoms with E-state index in [9.17, 15) is 24.3 Å². The minimum absolute atomic E-state index is 0.00538. The molecule has 1 saturated heterocycles. The monoisotopic (exact) mass is 567 g/mol. The van der Waals surface area contributed by atoms with Gasteiger partial charge in [0.1, 0.15) is 17.8 Å². The maximum absolute atomic E-state index is 13.5. The van der Waals surface area contributed by atoms with E-state index in [1.165, 1.54) is 15.9 Å². The number of piperazine rings is 1. The highest BCUT2D eigenvalue weighted by atomic mass is 16.6. The maximum Gasteiger partial charge on any atom is 0.410 e. The van der Waals surface area contributed by atoms with Crippen LogP contribution >= 0.6 is 0 Å². The van der Waals surface area contributed by atoms with E-state index < -0.39 is 29.9 Å². The van der Waals surface area contributed by atoms with Gasteiger partial charge < -0.3 is 29.7 Å². The van der Waals surface area contributed by atoms with Gasteiger partial charge in [-0.05, 0) is 46.0 Å². The van der Waals surface area contributed by atoms with Crippen molar-refractivity contribution in [2.24, 2.45) is 0 Å². The zero-order valence-electron chi connectivity index (χ0n) is 23.5. The van der Waals surface area contributed by atoms with Gasteiger partial charge in [0.05, 0.1) is 6.10 Å². The number of amides is 3. The van der Waals surface area contributed by atoms with Crippen LogP contribution in [0.4, 0.5) is 4.79 Å². The largest absolute Gasteiger partial charge is 0.481 e. The van der Waals surface area contributed by atoms with E-state index in [4.69, 9.17) is 9.47 Å². The molecule has 12 heteroatoms. The predicted octanol–water partition coefficient (Wildman–Crippen LogP) is 3.12. The van der Waals surface area contributed by atoms with Gasteiger partial charge in [-0.25, -0.2) is 9.78 Å². The molecule has 1 aliphatic carbocycles. The number of carbonyl (C=O) groups excluding carboxylic acids is 3. The summed E-state index contributed by atoms with van der Waals surface area (Å²) in [5, 5.41) is 12.0. The average Bonchev–Trinajstić information content (AvgIpc) is 3.47. The minimum Gasteiger partial charge on any atom is -0.481 e. The van der Waals surface area contributed by atoms with Crippen LogP contribution in [0.25, 0.3) is 11.4 Å². The number of hydrogen-bond acceptors (Lipinski definition) is 8. The van der Waals surface area contributed by atoms with Crippen LogP contribution in [0.5, 0.6) is 5.88 Å². The van der Waals surface area contributed by atoms with E-state index in [0.29, 0.717) is 11.4 Å². The SMILES string of the molecule is CC(C)OC(=O)N1CCN(C(=O)[C@H](CCC(=O)O)NC(=O)c2cc(OC3CCCC3)nc(-c3ccccc3)n2)CC1. The van der Waals surface area contributed by atoms with Crippen molar-refractivity contribution < 1.29 is 33.8 Å². The van der Waals surface area contributed by atoms with E-state index in [2.05, 4.69) is 15.3 Å². The fraction of sp³-hybridized carbons (Fsp3) is 0.517. The van der Waals surface area contributed by atoms with Crippen molar-refractivity contribution in [1.29, 1.82) is 0 Å². The fourth-order valence-electron chi connectivity index (χ4n) is 4.86. The Morgan fingerprint density at radius 1 is 1.00 bits per heavy atom. The minimum atomic E-state index is -1.10. The zero-order chi connectivity index (χ0) is 29.4. The zero-order valence-corrected chi connectivity index (χ0v) is 23.5. The molecule has 2 aliphatic rings. The number of carboxylic acid groups (broad SMARTS) is 1. The molecule has 0 spiro atoms. The summed E-state index contributed by atoms with van der Waals surface area (Å²) < 4.78 is 11.3. The van der Waals surface area contributed by atoms with Crippen LogP contribution in [-0.2, 0) is 14.3 Å². The number of aliphatic carboxylic acids is 1. The number of nitrogens with one attached hydrogen (secondary N) is 1. The topological polar surface area (TPSA) is 151 Å². The Balaban J connectivity index is 1.50. The molecule has 0 bridgehead atoms. The smallest absolute Gasteiger partial charge is 0.410 e. The average molecular weight is 568 g/mol. The number of nitrogens with zero attached hydrogens (tertiary/aromatic N) is 4. The third kappa shape index (κ3) is 8.38. The van der Waals surface area contributed by atoms with Gasteiger partial charge in [0.15, 0.2) is 5.82 Å². The Morgan fingerprint density at radius 2 is 1.66 bits per heavy atom. The Bertz CT molecular complexity index is 1230. The van der Waals surface area contributed by atoms with Gasteiger partial charge in [0.2, 0.25) is 11.8 Å². The lowest BCUT2D eigenvalue weighted by Gasteiger charge is -2.36. The van der Waals surface area contributed by atoms with E-state index >= 15 is 0 Å². The lowest BCUT2D eigenvalue weighted by molar-refractivity contribution is -0.138. The van der Waals surface area contributed by atoms with Crippen molar-refractivity contribution in [2.45, 2.75) is 70.6 Å². The van der Waals surface area contributed by atoms with Crippen LogP contribution in [0.3, 0.4) is 0 Å². The molecule has 2 N–H and O–H groups in total. The number of carboxylic acids is 1. The van der Waals surface area contributed by atoms with Gasteiger partial charge in [0.25, 0.3) is 5.91 Å². The molecular formula is C29H37N5O7. The molecule has 2 fully saturated rings. The third-order valence-electron chi connectivity index (χ3n) is 6.99. The van der Waals surface area contributed by atoms with Gasteiger partial charge in [-0.2, -0.15) is 4.98 Å². The number of ether oxygens (including phenoxy) is 2. The molecule has 12 nitrogen and oxygen atoms in total. The van der Waals surface area contributed by atoms with E-state index in [0.717, 1.165) is 25.7 Å². The molecule has 1 aliphatic heterocycles. The van der Waals surface area contributed by atoms with Crippen LogP contribution in [0.1, 0.15) is 62.9 Å². The first-order valence-corrected chi connectivity index (χ1v) is 14.1. The Hall–Kier alpha value is -4.22. The summed E-state index contributed by atoms with van der Waals surface area (Å²) in [4.78, 5) is 62.5. The van der Waals surface area contributed by atoms with Crippen molar-refractivity contribution in [2.75, 3.05) is 26.2 Å². The molecule has 2 aromatic rings. The number of benzene rings is 1. The quantitative estimate of drug-likeness (QED) is 0.441. The third-order valence-corrected chi connectivity index (χ3v) is 6.99. The molecule has 1 atom stereocenters. The normalized spacial score (nSPS) is 16.4. The highest BCUT2D eigenvalue weighted by molar-refractivity contribution is 5.96. The molecule has 3 amide bonds. The van der Waals surface area contributed by atoms with E-state index in [-0.39, 0.29) is 62.8 Å². The van der Waals surface area contributed by atoms with Gasteiger partial charge in [0, 0.05) is 44.2 Å². The van der Waals surface area contributed by atoms with Gasteiger partial charge in [-0.1, -0.05) is 30.3 Å². The van der Waals surface area contributed by atoms with Gasteiger partial charge in [-0.15, -0.1) is 0 Å². The molecule has 1 aromatic heterocycles. The summed E-state index contributed by atoms with van der Waals surface area (Å²) in [6, 6.07) is 9.55. The van der Waals surface area contributed by atoms with Crippen molar-refractivity contribution in [3.63, 3.8) is 0 Å². The first-order valence-electron chi connectivity index (χ1n) is 14.1. The summed E-state index contributed by atoms with van der Waals surface area (Å²) in [6.07, 6.45) is 2.82. The molecule has 220 valence electrons. The lowest BCUT2D eigenvalue weighted by Crippen LogP contribution is -2.56. The second kappa shape index (κ2) is 13.9. The first-order chi connectivity index (χ1) is 19.7. The molecule has 2 heterocycles. The fourth-order valence-corrected chi connectivity index (χ4v) is 4.86. The van der Waals surface area contributed by atoms with Crippen LogP contribution in [-0.4, -0.2) is 93.2 Å². The Labute approximate surface area is 239 Å². The number of aromatic nitrogens is 2. The summed E-state index contributed by atoms with van der Waals surface area (Å²) in [6.45, 7) is 4.53. The van der Waals surface area contributed by atoms with Gasteiger partial charge in [-0.3, -0.25) is 14.4 Å². The number of carbonyl (C=O) groups is 4. The van der Waals surface area contributed by atoms with E-state index in [1.807, 2.05) is 30.3 Å². The second-order valence-electron chi connectivity index (χ2n) is 10.5. The highest BCUT2D eigenvalue weighted by Crippen LogP contribution is 2.25. The standard InChI is InChI=1S/C29H37N5O7/c1-19(2)40-29(39)34-16-14-33(15-17-34)28(38)22(12-13-25(35)36)31-27(37)23-18-24(41-21-10-6-7-11-21)32-26(30-23)20-8-4-3-5-9-20/h3-5,8-9,18-19,21-22H,6-7,10-17H2,1-2H3,(H,31,37)(H,35,36)/t22-/m0/s1. The molecule has 0 unspecified atom stereocenters. The van der Waals surface area contributed by atoms with Crippen LogP contribution in [0, 0.1) is 0 Å². The molecule has 1 saturated carbocycles. The van der Waals surface area contributed by atoms with Crippen molar-refractivity contribution in [3.05, 3.63) is 42.1 Å². The number of hydrogen-bond donors (Lipinski definition) is 2. The molecule has 1 aromatic carbocycles. The second-order valence-corrected chi connectivity index (χ2v) is 10.5. The summed E-state index contributed by atoms with van der Waals surface area (Å²) in [5.41, 5.74) is 0.715. The first kappa shape index (κ1) is 29.8. The molecular weight excluding hydrogens is 530 g/mol. The molecule has 4 rings (SSSR count). The van der Waals surface area contributed by atoms with Crippen molar-refractivity contribution in [3.8, 4) is 17.3 Å². The molecule has 41 heavy (non-hydrogen) atoms. The summed E-state index contributed by atoms with van der Waals surface area (Å²) in [7, 11) is 0. The summed E-state index contributed by atoms with van der Waals surface area (Å²) >= 11 is 0. The highest BCUT2D eigenvalue weighted by Gasteiger charge is 2.32. The predicted molar refractivity (Wildman–Crippen MR) is 148 cm³/mol. The van der Waals surface area contributed by atoms with Gasteiger partial charge >= 0.3 is 12.1 Å². The maximum atomic E-state index is 13.5. The number of rotatable bonds is 10. The lowest BCUT2D eigenvalue weighted by atomic mass is 10.1.